The van der Waals surface area contributed by atoms with Crippen molar-refractivity contribution in [2.75, 3.05) is 0 Å². The van der Waals surface area contributed by atoms with Crippen molar-refractivity contribution in [3.63, 3.8) is 0 Å². The zero-order valence-electron chi connectivity index (χ0n) is 17.9. The average Bonchev–Trinajstić information content (AvgIpc) is 2.89. The zero-order chi connectivity index (χ0) is 21.8. The average molecular weight is 422 g/mol. The molecule has 0 saturated heterocycles. The van der Waals surface area contributed by atoms with Crippen LogP contribution in [0.25, 0.3) is 22.3 Å². The summed E-state index contributed by atoms with van der Waals surface area (Å²) in [4.78, 5) is 0. The van der Waals surface area contributed by atoms with E-state index in [0.29, 0.717) is 0 Å². The summed E-state index contributed by atoms with van der Waals surface area (Å²) in [5.41, 5.74) is 8.05. The van der Waals surface area contributed by atoms with Crippen LogP contribution >= 0.6 is 0 Å². The van der Waals surface area contributed by atoms with Crippen molar-refractivity contribution in [3.05, 3.63) is 115 Å². The van der Waals surface area contributed by atoms with Gasteiger partial charge in [-0.3, -0.25) is 0 Å². The van der Waals surface area contributed by atoms with Crippen molar-refractivity contribution in [2.24, 2.45) is 0 Å². The van der Waals surface area contributed by atoms with Gasteiger partial charge < -0.3 is 9.47 Å². The SMILES string of the molecule is c1ccc(-c2ccc3c(c2)B2c4ccccc4Oc4ccc(-c5ccccc5)c(c42)O3)cc1. The van der Waals surface area contributed by atoms with Gasteiger partial charge in [-0.25, -0.2) is 0 Å². The highest BCUT2D eigenvalue weighted by molar-refractivity contribution is 6.98. The normalized spacial score (nSPS) is 12.7. The molecule has 7 rings (SSSR count). The van der Waals surface area contributed by atoms with Crippen LogP contribution in [-0.2, 0) is 0 Å². The Hall–Kier alpha value is -4.24. The summed E-state index contributed by atoms with van der Waals surface area (Å²) in [5, 5.41) is 0. The van der Waals surface area contributed by atoms with E-state index < -0.39 is 0 Å². The summed E-state index contributed by atoms with van der Waals surface area (Å²) in [7, 11) is 0. The van der Waals surface area contributed by atoms with E-state index in [1.165, 1.54) is 22.1 Å². The summed E-state index contributed by atoms with van der Waals surface area (Å²) < 4.78 is 13.0. The molecule has 2 heterocycles. The van der Waals surface area contributed by atoms with Crippen molar-refractivity contribution >= 4 is 23.1 Å². The topological polar surface area (TPSA) is 18.5 Å². The van der Waals surface area contributed by atoms with Gasteiger partial charge in [0.25, 0.3) is 6.71 Å². The molecule has 0 radical (unpaired) electrons. The van der Waals surface area contributed by atoms with Gasteiger partial charge in [0.2, 0.25) is 0 Å². The second-order valence-corrected chi connectivity index (χ2v) is 8.51. The molecule has 0 aromatic heterocycles. The maximum absolute atomic E-state index is 6.64. The zero-order valence-corrected chi connectivity index (χ0v) is 17.9. The summed E-state index contributed by atoms with van der Waals surface area (Å²) in [6.07, 6.45) is 0. The van der Waals surface area contributed by atoms with Crippen molar-refractivity contribution < 1.29 is 9.47 Å². The summed E-state index contributed by atoms with van der Waals surface area (Å²) >= 11 is 0. The van der Waals surface area contributed by atoms with Crippen molar-refractivity contribution in [3.8, 4) is 45.3 Å². The number of rotatable bonds is 2. The molecule has 2 aliphatic rings. The predicted molar refractivity (Wildman–Crippen MR) is 135 cm³/mol. The number of hydrogen-bond donors (Lipinski definition) is 0. The molecule has 2 aliphatic heterocycles. The third-order valence-corrected chi connectivity index (χ3v) is 6.62. The predicted octanol–water partition coefficient (Wildman–Crippen LogP) is 5.75. The molecule has 0 atom stereocenters. The van der Waals surface area contributed by atoms with Crippen LogP contribution in [0, 0.1) is 0 Å². The fourth-order valence-corrected chi connectivity index (χ4v) is 5.09. The number of hydrogen-bond acceptors (Lipinski definition) is 2. The molecule has 0 aliphatic carbocycles. The Labute approximate surface area is 193 Å². The van der Waals surface area contributed by atoms with E-state index >= 15 is 0 Å². The highest BCUT2D eigenvalue weighted by Crippen LogP contribution is 2.41. The minimum Gasteiger partial charge on any atom is -0.458 e. The van der Waals surface area contributed by atoms with E-state index in [2.05, 4.69) is 97.1 Å². The number of ether oxygens (including phenoxy) is 2. The highest BCUT2D eigenvalue weighted by atomic mass is 16.5. The van der Waals surface area contributed by atoms with Crippen LogP contribution in [0.2, 0.25) is 0 Å². The molecule has 0 unspecified atom stereocenters. The van der Waals surface area contributed by atoms with E-state index in [4.69, 9.17) is 9.47 Å². The van der Waals surface area contributed by atoms with E-state index in [1.54, 1.807) is 0 Å². The van der Waals surface area contributed by atoms with Gasteiger partial charge in [-0.2, -0.15) is 0 Å². The van der Waals surface area contributed by atoms with E-state index in [-0.39, 0.29) is 6.71 Å². The third kappa shape index (κ3) is 2.83. The Morgan fingerprint density at radius 2 is 1.12 bits per heavy atom. The molecule has 0 bridgehead atoms. The number of fused-ring (bicyclic) bond motifs is 4. The molecule has 33 heavy (non-hydrogen) atoms. The smallest absolute Gasteiger partial charge is 0.260 e. The first-order valence-corrected chi connectivity index (χ1v) is 11.2. The molecule has 0 N–H and O–H groups in total. The molecular weight excluding hydrogens is 403 g/mol. The molecule has 0 fully saturated rings. The van der Waals surface area contributed by atoms with Gasteiger partial charge in [0.15, 0.2) is 0 Å². The molecule has 5 aromatic rings. The number of para-hydroxylation sites is 1. The van der Waals surface area contributed by atoms with E-state index in [0.717, 1.165) is 39.6 Å². The number of benzene rings is 5. The molecule has 2 nitrogen and oxygen atoms in total. The van der Waals surface area contributed by atoms with Crippen molar-refractivity contribution in [2.45, 2.75) is 0 Å². The summed E-state index contributed by atoms with van der Waals surface area (Å²) in [6.45, 7) is 0.0519. The van der Waals surface area contributed by atoms with Crippen LogP contribution in [0.5, 0.6) is 23.0 Å². The molecule has 0 spiro atoms. The van der Waals surface area contributed by atoms with Crippen molar-refractivity contribution in [1.82, 2.24) is 0 Å². The van der Waals surface area contributed by atoms with Gasteiger partial charge in [-0.1, -0.05) is 91.0 Å². The van der Waals surface area contributed by atoms with Crippen LogP contribution in [-0.4, -0.2) is 6.71 Å². The Morgan fingerprint density at radius 1 is 0.455 bits per heavy atom. The Balaban J connectivity index is 1.50. The van der Waals surface area contributed by atoms with Crippen LogP contribution in [0.3, 0.4) is 0 Å². The van der Waals surface area contributed by atoms with Crippen LogP contribution in [0.1, 0.15) is 0 Å². The lowest BCUT2D eigenvalue weighted by Gasteiger charge is -2.34. The van der Waals surface area contributed by atoms with Crippen LogP contribution in [0.4, 0.5) is 0 Å². The fourth-order valence-electron chi connectivity index (χ4n) is 5.09. The van der Waals surface area contributed by atoms with Gasteiger partial charge in [-0.05, 0) is 51.9 Å². The quantitative estimate of drug-likeness (QED) is 0.331. The fraction of sp³-hybridized carbons (Fsp3) is 0. The van der Waals surface area contributed by atoms with Gasteiger partial charge in [-0.15, -0.1) is 0 Å². The Bertz CT molecular complexity index is 1510. The van der Waals surface area contributed by atoms with Crippen molar-refractivity contribution in [1.29, 1.82) is 0 Å². The van der Waals surface area contributed by atoms with Crippen LogP contribution in [0.15, 0.2) is 115 Å². The standard InChI is InChI=1S/C30H19BO2/c1-3-9-20(10-4-1)22-15-17-27-25(19-22)31-24-13-7-8-14-26(24)32-28-18-16-23(30(33-27)29(28)31)21-11-5-2-6-12-21/h1-19H. The lowest BCUT2D eigenvalue weighted by molar-refractivity contribution is 0.465. The monoisotopic (exact) mass is 422 g/mol. The lowest BCUT2D eigenvalue weighted by Crippen LogP contribution is -2.57. The van der Waals surface area contributed by atoms with Gasteiger partial charge in [0.05, 0.1) is 0 Å². The molecule has 154 valence electrons. The Morgan fingerprint density at radius 3 is 1.94 bits per heavy atom. The van der Waals surface area contributed by atoms with E-state index in [9.17, 15) is 0 Å². The second-order valence-electron chi connectivity index (χ2n) is 8.51. The summed E-state index contributed by atoms with van der Waals surface area (Å²) in [6, 6.07) is 40.0. The Kier molecular flexibility index (Phi) is 3.97. The van der Waals surface area contributed by atoms with Crippen LogP contribution < -0.4 is 25.9 Å². The first kappa shape index (κ1) is 18.3. The van der Waals surface area contributed by atoms with Gasteiger partial charge in [0.1, 0.15) is 23.0 Å². The highest BCUT2D eigenvalue weighted by Gasteiger charge is 2.41. The second kappa shape index (κ2) is 7.14. The molecule has 3 heteroatoms. The summed E-state index contributed by atoms with van der Waals surface area (Å²) in [5.74, 6) is 3.56. The van der Waals surface area contributed by atoms with Gasteiger partial charge >= 0.3 is 0 Å². The maximum atomic E-state index is 6.64. The molecule has 0 saturated carbocycles. The first-order valence-electron chi connectivity index (χ1n) is 11.2. The maximum Gasteiger partial charge on any atom is 0.260 e. The first-order chi connectivity index (χ1) is 16.4. The largest absolute Gasteiger partial charge is 0.458 e. The third-order valence-electron chi connectivity index (χ3n) is 6.62. The van der Waals surface area contributed by atoms with E-state index in [1.807, 2.05) is 18.2 Å². The minimum absolute atomic E-state index is 0.0519. The molecule has 0 amide bonds. The minimum atomic E-state index is 0.0519. The molecular formula is C30H19BO2. The lowest BCUT2D eigenvalue weighted by atomic mass is 9.34. The van der Waals surface area contributed by atoms with Gasteiger partial charge in [0, 0.05) is 11.0 Å². The molecule has 5 aromatic carbocycles.